The van der Waals surface area contributed by atoms with Crippen molar-refractivity contribution in [2.45, 2.75) is 12.6 Å². The largest absolute Gasteiger partial charge is 0.383 e. The molecule has 1 aromatic carbocycles. The minimum Gasteiger partial charge on any atom is -0.383 e. The maximum atomic E-state index is 11.8. The Morgan fingerprint density at radius 1 is 1.12 bits per heavy atom. The molecular formula is C17H15N3O4S. The number of aromatic nitrogens is 1. The van der Waals surface area contributed by atoms with Crippen LogP contribution < -0.4 is 10.6 Å². The number of thiophene rings is 1. The zero-order valence-corrected chi connectivity index (χ0v) is 13.8. The van der Waals surface area contributed by atoms with Gasteiger partial charge in [0.05, 0.1) is 6.54 Å². The van der Waals surface area contributed by atoms with Gasteiger partial charge in [-0.3, -0.25) is 14.9 Å². The Kier molecular flexibility index (Phi) is 5.22. The highest BCUT2D eigenvalue weighted by molar-refractivity contribution is 7.12. The lowest BCUT2D eigenvalue weighted by Gasteiger charge is -2.08. The molecule has 1 atom stereocenters. The first kappa shape index (κ1) is 16.9. The molecule has 3 aromatic rings. The highest BCUT2D eigenvalue weighted by Gasteiger charge is 2.16. The van der Waals surface area contributed by atoms with Crippen molar-refractivity contribution in [2.75, 3.05) is 5.32 Å². The van der Waals surface area contributed by atoms with Crippen molar-refractivity contribution in [3.63, 3.8) is 0 Å². The van der Waals surface area contributed by atoms with E-state index in [1.165, 1.54) is 23.7 Å². The number of carbonyl (C=O) groups excluding carboxylic acids is 2. The van der Waals surface area contributed by atoms with Crippen LogP contribution in [0.15, 0.2) is 59.3 Å². The second-order valence-electron chi connectivity index (χ2n) is 5.14. The van der Waals surface area contributed by atoms with Crippen LogP contribution in [0.5, 0.6) is 0 Å². The van der Waals surface area contributed by atoms with Gasteiger partial charge in [-0.2, -0.15) is 0 Å². The number of benzene rings is 1. The van der Waals surface area contributed by atoms with Gasteiger partial charge in [0.2, 0.25) is 0 Å². The summed E-state index contributed by atoms with van der Waals surface area (Å²) in [4.78, 5) is 25.1. The summed E-state index contributed by atoms with van der Waals surface area (Å²) in [5.41, 5.74) is 0.798. The molecule has 2 amide bonds. The Morgan fingerprint density at radius 2 is 1.92 bits per heavy atom. The standard InChI is InChI=1S/C17H15N3O4S/c21-15(11-4-2-1-3-5-11)13-7-6-12(25-13)10-18-16(22)17(23)19-14-8-9-24-20-14/h1-9,15,21H,10H2,(H,18,22)(H,19,20,23). The molecule has 2 aromatic heterocycles. The van der Waals surface area contributed by atoms with Crippen LogP contribution in [-0.2, 0) is 16.1 Å². The first-order valence-corrected chi connectivity index (χ1v) is 8.26. The summed E-state index contributed by atoms with van der Waals surface area (Å²) < 4.78 is 4.57. The van der Waals surface area contributed by atoms with E-state index in [4.69, 9.17) is 0 Å². The third-order valence-corrected chi connectivity index (χ3v) is 4.51. The molecule has 0 saturated heterocycles. The van der Waals surface area contributed by atoms with Crippen molar-refractivity contribution in [3.8, 4) is 0 Å². The maximum Gasteiger partial charge on any atom is 0.314 e. The number of rotatable bonds is 5. The van der Waals surface area contributed by atoms with E-state index in [0.717, 1.165) is 15.3 Å². The van der Waals surface area contributed by atoms with Crippen LogP contribution in [0.25, 0.3) is 0 Å². The van der Waals surface area contributed by atoms with E-state index in [0.29, 0.717) is 0 Å². The molecule has 0 bridgehead atoms. The molecule has 0 radical (unpaired) electrons. The lowest BCUT2D eigenvalue weighted by molar-refractivity contribution is -0.136. The van der Waals surface area contributed by atoms with Gasteiger partial charge in [0, 0.05) is 15.8 Å². The van der Waals surface area contributed by atoms with E-state index in [2.05, 4.69) is 20.3 Å². The minimum atomic E-state index is -0.824. The van der Waals surface area contributed by atoms with Gasteiger partial charge in [0.15, 0.2) is 5.82 Å². The fraction of sp³-hybridized carbons (Fsp3) is 0.118. The summed E-state index contributed by atoms with van der Waals surface area (Å²) in [5.74, 6) is -1.43. The molecule has 3 rings (SSSR count). The van der Waals surface area contributed by atoms with Gasteiger partial charge in [0.1, 0.15) is 12.4 Å². The Hall–Kier alpha value is -2.97. The Bertz CT molecular complexity index is 846. The maximum absolute atomic E-state index is 11.8. The third-order valence-electron chi connectivity index (χ3n) is 3.38. The summed E-state index contributed by atoms with van der Waals surface area (Å²) in [5, 5.41) is 18.7. The quantitative estimate of drug-likeness (QED) is 0.607. The Balaban J connectivity index is 1.55. The fourth-order valence-electron chi connectivity index (χ4n) is 2.13. The van der Waals surface area contributed by atoms with Gasteiger partial charge in [-0.05, 0) is 17.7 Å². The average molecular weight is 357 g/mol. The Morgan fingerprint density at radius 3 is 2.64 bits per heavy atom. The first-order valence-electron chi connectivity index (χ1n) is 7.44. The molecule has 2 heterocycles. The first-order chi connectivity index (χ1) is 12.1. The average Bonchev–Trinajstić information content (AvgIpc) is 3.31. The van der Waals surface area contributed by atoms with E-state index in [-0.39, 0.29) is 12.4 Å². The molecule has 0 aliphatic rings. The van der Waals surface area contributed by atoms with Crippen molar-refractivity contribution >= 4 is 29.0 Å². The van der Waals surface area contributed by atoms with Crippen molar-refractivity contribution in [3.05, 3.63) is 70.1 Å². The lowest BCUT2D eigenvalue weighted by Crippen LogP contribution is -2.34. The number of hydrogen-bond acceptors (Lipinski definition) is 6. The molecule has 0 fully saturated rings. The molecule has 8 heteroatoms. The lowest BCUT2D eigenvalue weighted by atomic mass is 10.1. The molecule has 1 unspecified atom stereocenters. The van der Waals surface area contributed by atoms with Gasteiger partial charge >= 0.3 is 11.8 Å². The minimum absolute atomic E-state index is 0.171. The number of hydrogen-bond donors (Lipinski definition) is 3. The summed E-state index contributed by atoms with van der Waals surface area (Å²) >= 11 is 1.37. The van der Waals surface area contributed by atoms with E-state index < -0.39 is 17.9 Å². The summed E-state index contributed by atoms with van der Waals surface area (Å²) in [6.07, 6.45) is 0.574. The number of nitrogens with one attached hydrogen (secondary N) is 2. The van der Waals surface area contributed by atoms with Crippen LogP contribution in [0.2, 0.25) is 0 Å². The van der Waals surface area contributed by atoms with Gasteiger partial charge in [-0.15, -0.1) is 11.3 Å². The van der Waals surface area contributed by atoms with Crippen LogP contribution in [0.1, 0.15) is 21.4 Å². The van der Waals surface area contributed by atoms with Gasteiger partial charge in [-0.1, -0.05) is 35.5 Å². The zero-order chi connectivity index (χ0) is 17.6. The molecular weight excluding hydrogens is 342 g/mol. The summed E-state index contributed by atoms with van der Waals surface area (Å²) in [6.45, 7) is 0.192. The fourth-order valence-corrected chi connectivity index (χ4v) is 3.10. The molecule has 25 heavy (non-hydrogen) atoms. The number of nitrogens with zero attached hydrogens (tertiary/aromatic N) is 1. The van der Waals surface area contributed by atoms with Crippen molar-refractivity contribution in [1.82, 2.24) is 10.5 Å². The monoisotopic (exact) mass is 357 g/mol. The number of aliphatic hydroxyl groups is 1. The van der Waals surface area contributed by atoms with Crippen LogP contribution in [0, 0.1) is 0 Å². The predicted molar refractivity (Wildman–Crippen MR) is 91.8 cm³/mol. The highest BCUT2D eigenvalue weighted by Crippen LogP contribution is 2.28. The molecule has 0 saturated carbocycles. The number of carbonyl (C=O) groups is 2. The van der Waals surface area contributed by atoms with Gasteiger partial charge in [0.25, 0.3) is 0 Å². The molecule has 0 spiro atoms. The van der Waals surface area contributed by atoms with Crippen LogP contribution in [0.3, 0.4) is 0 Å². The zero-order valence-electron chi connectivity index (χ0n) is 13.0. The third kappa shape index (κ3) is 4.31. The van der Waals surface area contributed by atoms with E-state index >= 15 is 0 Å². The highest BCUT2D eigenvalue weighted by atomic mass is 32.1. The normalized spacial score (nSPS) is 11.7. The molecule has 7 nitrogen and oxygen atoms in total. The SMILES string of the molecule is O=C(NCc1ccc(C(O)c2ccccc2)s1)C(=O)Nc1ccon1. The van der Waals surface area contributed by atoms with Crippen molar-refractivity contribution < 1.29 is 19.2 Å². The summed E-state index contributed by atoms with van der Waals surface area (Å²) in [6, 6.07) is 14.3. The predicted octanol–water partition coefficient (Wildman–Crippen LogP) is 2.07. The second kappa shape index (κ2) is 7.73. The number of anilines is 1. The Labute approximate surface area is 147 Å². The number of amides is 2. The molecule has 3 N–H and O–H groups in total. The topological polar surface area (TPSA) is 104 Å². The molecule has 0 aliphatic carbocycles. The summed E-state index contributed by atoms with van der Waals surface area (Å²) in [7, 11) is 0. The van der Waals surface area contributed by atoms with E-state index in [9.17, 15) is 14.7 Å². The van der Waals surface area contributed by atoms with Gasteiger partial charge < -0.3 is 14.9 Å². The molecule has 0 aliphatic heterocycles. The van der Waals surface area contributed by atoms with Crippen molar-refractivity contribution in [2.24, 2.45) is 0 Å². The number of aliphatic hydroxyl groups excluding tert-OH is 1. The van der Waals surface area contributed by atoms with Crippen LogP contribution in [-0.4, -0.2) is 22.1 Å². The van der Waals surface area contributed by atoms with Gasteiger partial charge in [-0.25, -0.2) is 0 Å². The molecule has 128 valence electrons. The smallest absolute Gasteiger partial charge is 0.314 e. The van der Waals surface area contributed by atoms with Crippen LogP contribution >= 0.6 is 11.3 Å². The van der Waals surface area contributed by atoms with Crippen LogP contribution in [0.4, 0.5) is 5.82 Å². The van der Waals surface area contributed by atoms with E-state index in [1.807, 2.05) is 36.4 Å². The van der Waals surface area contributed by atoms with E-state index in [1.54, 1.807) is 6.07 Å². The second-order valence-corrected chi connectivity index (χ2v) is 6.34. The van der Waals surface area contributed by atoms with Crippen molar-refractivity contribution in [1.29, 1.82) is 0 Å².